The minimum atomic E-state index is -0.0523. The molecule has 3 rings (SSSR count). The summed E-state index contributed by atoms with van der Waals surface area (Å²) in [4.78, 5) is 22.8. The van der Waals surface area contributed by atoms with Crippen LogP contribution in [0.25, 0.3) is 21.5 Å². The van der Waals surface area contributed by atoms with Crippen molar-refractivity contribution < 1.29 is 7.65 Å². The van der Waals surface area contributed by atoms with Gasteiger partial charge in [-0.05, 0) is 24.3 Å². The lowest BCUT2D eigenvalue weighted by Crippen LogP contribution is -2.26. The summed E-state index contributed by atoms with van der Waals surface area (Å²) in [5.41, 5.74) is 1.92. The molecule has 0 atom stereocenters. The number of amides is 1. The van der Waals surface area contributed by atoms with Crippen LogP contribution in [0.5, 0.6) is 0 Å². The number of terminal acetylenes is 1. The lowest BCUT2D eigenvalue weighted by molar-refractivity contribution is 0.0817. The van der Waals surface area contributed by atoms with Crippen LogP contribution in [0.15, 0.2) is 36.7 Å². The molecule has 0 radical (unpaired) electrons. The van der Waals surface area contributed by atoms with Crippen molar-refractivity contribution in [2.24, 2.45) is 0 Å². The van der Waals surface area contributed by atoms with E-state index in [1.54, 1.807) is 13.2 Å². The Morgan fingerprint density at radius 2 is 2.33 bits per heavy atom. The summed E-state index contributed by atoms with van der Waals surface area (Å²) in [5, 5.41) is 1.05. The molecular formula is C16H17N3OS. The van der Waals surface area contributed by atoms with Crippen molar-refractivity contribution in [2.45, 2.75) is 0 Å². The van der Waals surface area contributed by atoms with Gasteiger partial charge in [-0.1, -0.05) is 5.92 Å². The number of pyridine rings is 1. The first-order valence-corrected chi connectivity index (χ1v) is 7.23. The number of nitrogens with one attached hydrogen (secondary N) is 1. The number of carbonyl (C=O) groups is 1. The fourth-order valence-corrected chi connectivity index (χ4v) is 3.21. The number of rotatable bonds is 3. The minimum Gasteiger partial charge on any atom is -0.346 e. The smallest absolute Gasteiger partial charge is 0.264 e. The van der Waals surface area contributed by atoms with E-state index in [-0.39, 0.29) is 8.76 Å². The highest BCUT2D eigenvalue weighted by atomic mass is 32.1. The number of aromatic amines is 1. The molecule has 108 valence electrons. The molecule has 0 spiro atoms. The number of H-pyrrole nitrogens is 1. The lowest BCUT2D eigenvalue weighted by Gasteiger charge is -2.11. The first kappa shape index (κ1) is 13.4. The van der Waals surface area contributed by atoms with Gasteiger partial charge in [0.2, 0.25) is 0 Å². The second-order valence-electron chi connectivity index (χ2n) is 4.63. The highest BCUT2D eigenvalue weighted by Gasteiger charge is 2.15. The number of hydrogen-bond acceptors (Lipinski definition) is 3. The SMILES string of the molecule is C#CCN(C)C(=O)c1ccc(-c2ccnc3[nH]ccc23)s1.[HH].[HH]. The van der Waals surface area contributed by atoms with E-state index in [9.17, 15) is 4.79 Å². The van der Waals surface area contributed by atoms with Gasteiger partial charge in [-0.25, -0.2) is 4.98 Å². The third-order valence-corrected chi connectivity index (χ3v) is 4.32. The summed E-state index contributed by atoms with van der Waals surface area (Å²) in [6.45, 7) is 0.309. The van der Waals surface area contributed by atoms with Crippen molar-refractivity contribution in [3.63, 3.8) is 0 Å². The number of nitrogens with zero attached hydrogens (tertiary/aromatic N) is 2. The van der Waals surface area contributed by atoms with Gasteiger partial charge >= 0.3 is 0 Å². The Morgan fingerprint density at radius 3 is 3.14 bits per heavy atom. The van der Waals surface area contributed by atoms with Gasteiger partial charge in [0.05, 0.1) is 11.4 Å². The Balaban J connectivity index is 0.00000132. The zero-order valence-electron chi connectivity index (χ0n) is 11.5. The number of thiophene rings is 1. The summed E-state index contributed by atoms with van der Waals surface area (Å²) >= 11 is 1.47. The van der Waals surface area contributed by atoms with E-state index in [0.29, 0.717) is 11.4 Å². The summed E-state index contributed by atoms with van der Waals surface area (Å²) in [5.74, 6) is 2.42. The molecule has 0 saturated heterocycles. The van der Waals surface area contributed by atoms with Gasteiger partial charge < -0.3 is 9.88 Å². The fourth-order valence-electron chi connectivity index (χ4n) is 2.17. The monoisotopic (exact) mass is 299 g/mol. The van der Waals surface area contributed by atoms with Crippen molar-refractivity contribution in [1.82, 2.24) is 14.9 Å². The van der Waals surface area contributed by atoms with Crippen LogP contribution in [-0.4, -0.2) is 34.4 Å². The zero-order chi connectivity index (χ0) is 14.8. The van der Waals surface area contributed by atoms with Gasteiger partial charge in [0.25, 0.3) is 5.91 Å². The number of fused-ring (bicyclic) bond motifs is 1. The summed E-state index contributed by atoms with van der Waals surface area (Å²) in [7, 11) is 1.71. The highest BCUT2D eigenvalue weighted by Crippen LogP contribution is 2.33. The predicted octanol–water partition coefficient (Wildman–Crippen LogP) is 3.49. The molecule has 0 unspecified atom stereocenters. The van der Waals surface area contributed by atoms with Crippen LogP contribution in [0.3, 0.4) is 0 Å². The third-order valence-electron chi connectivity index (χ3n) is 3.22. The summed E-state index contributed by atoms with van der Waals surface area (Å²) in [6.07, 6.45) is 8.87. The molecule has 1 N–H and O–H groups in total. The van der Waals surface area contributed by atoms with Gasteiger partial charge in [0, 0.05) is 38.1 Å². The molecule has 0 aliphatic rings. The number of carbonyl (C=O) groups excluding carboxylic acids is 1. The molecule has 3 aromatic heterocycles. The van der Waals surface area contributed by atoms with Crippen LogP contribution in [0.4, 0.5) is 0 Å². The van der Waals surface area contributed by atoms with E-state index >= 15 is 0 Å². The molecule has 0 fully saturated rings. The molecular weight excluding hydrogens is 282 g/mol. The molecule has 0 aromatic carbocycles. The van der Waals surface area contributed by atoms with E-state index in [2.05, 4.69) is 15.9 Å². The molecule has 0 saturated carbocycles. The Kier molecular flexibility index (Phi) is 3.46. The number of hydrogen-bond donors (Lipinski definition) is 1. The van der Waals surface area contributed by atoms with Crippen molar-refractivity contribution >= 4 is 28.3 Å². The summed E-state index contributed by atoms with van der Waals surface area (Å²) < 4.78 is 0. The quantitative estimate of drug-likeness (QED) is 0.753. The topological polar surface area (TPSA) is 49.0 Å². The number of aromatic nitrogens is 2. The van der Waals surface area contributed by atoms with Gasteiger partial charge in [-0.2, -0.15) is 0 Å². The van der Waals surface area contributed by atoms with Gasteiger partial charge in [0.15, 0.2) is 0 Å². The zero-order valence-corrected chi connectivity index (χ0v) is 12.3. The average molecular weight is 299 g/mol. The van der Waals surface area contributed by atoms with E-state index in [4.69, 9.17) is 6.42 Å². The molecule has 5 heteroatoms. The predicted molar refractivity (Wildman–Crippen MR) is 89.4 cm³/mol. The Labute approximate surface area is 129 Å². The molecule has 3 heterocycles. The van der Waals surface area contributed by atoms with Crippen LogP contribution >= 0.6 is 11.3 Å². The Bertz CT molecular complexity index is 850. The fraction of sp³-hybridized carbons (Fsp3) is 0.125. The van der Waals surface area contributed by atoms with Gasteiger partial charge in [-0.3, -0.25) is 4.79 Å². The summed E-state index contributed by atoms with van der Waals surface area (Å²) in [6, 6.07) is 7.75. The second kappa shape index (κ2) is 5.43. The maximum atomic E-state index is 12.2. The van der Waals surface area contributed by atoms with Gasteiger partial charge in [0.1, 0.15) is 5.65 Å². The molecule has 21 heavy (non-hydrogen) atoms. The van der Waals surface area contributed by atoms with Crippen molar-refractivity contribution in [2.75, 3.05) is 13.6 Å². The molecule has 3 aromatic rings. The first-order chi connectivity index (χ1) is 10.2. The van der Waals surface area contributed by atoms with Crippen molar-refractivity contribution in [3.8, 4) is 22.8 Å². The highest BCUT2D eigenvalue weighted by molar-refractivity contribution is 7.17. The normalized spacial score (nSPS) is 10.5. The third kappa shape index (κ3) is 2.41. The first-order valence-electron chi connectivity index (χ1n) is 6.42. The van der Waals surface area contributed by atoms with Crippen LogP contribution in [0.2, 0.25) is 0 Å². The standard InChI is InChI=1S/C16H13N3OS.2H2/c1-3-10-19(2)16(20)14-5-4-13(21-14)11-6-8-17-15-12(11)7-9-18-15;;/h1,4-9H,10H2,2H3,(H,17,18);2*1H. The van der Waals surface area contributed by atoms with Crippen molar-refractivity contribution in [1.29, 1.82) is 0 Å². The maximum Gasteiger partial charge on any atom is 0.264 e. The average Bonchev–Trinajstić information content (AvgIpc) is 3.15. The van der Waals surface area contributed by atoms with Gasteiger partial charge in [-0.15, -0.1) is 17.8 Å². The second-order valence-corrected chi connectivity index (χ2v) is 5.71. The van der Waals surface area contributed by atoms with Crippen LogP contribution < -0.4 is 0 Å². The molecule has 4 nitrogen and oxygen atoms in total. The van der Waals surface area contributed by atoms with Crippen LogP contribution in [0, 0.1) is 12.3 Å². The molecule has 0 aliphatic heterocycles. The Morgan fingerprint density at radius 1 is 1.48 bits per heavy atom. The largest absolute Gasteiger partial charge is 0.346 e. The van der Waals surface area contributed by atoms with Crippen LogP contribution in [0.1, 0.15) is 12.5 Å². The molecule has 0 aliphatic carbocycles. The molecule has 0 bridgehead atoms. The van der Waals surface area contributed by atoms with Crippen LogP contribution in [-0.2, 0) is 0 Å². The molecule has 1 amide bonds. The Hall–Kier alpha value is -2.58. The lowest BCUT2D eigenvalue weighted by atomic mass is 10.1. The minimum absolute atomic E-state index is 0. The van der Waals surface area contributed by atoms with E-state index in [1.807, 2.05) is 30.5 Å². The van der Waals surface area contributed by atoms with E-state index in [0.717, 1.165) is 21.5 Å². The van der Waals surface area contributed by atoms with E-state index in [1.165, 1.54) is 16.2 Å². The van der Waals surface area contributed by atoms with Crippen molar-refractivity contribution in [3.05, 3.63) is 41.5 Å². The van der Waals surface area contributed by atoms with E-state index < -0.39 is 0 Å². The maximum absolute atomic E-state index is 12.2.